The normalized spacial score (nSPS) is 23.9. The zero-order chi connectivity index (χ0) is 27.8. The van der Waals surface area contributed by atoms with Crippen LogP contribution in [0, 0.1) is 11.3 Å². The van der Waals surface area contributed by atoms with E-state index in [4.69, 9.17) is 16.3 Å². The van der Waals surface area contributed by atoms with Crippen molar-refractivity contribution in [1.29, 1.82) is 0 Å². The Kier molecular flexibility index (Phi) is 5.41. The molecular weight excluding hydrogens is 524 g/mol. The lowest BCUT2D eigenvalue weighted by atomic mass is 9.48. The molecule has 0 radical (unpaired) electrons. The molecule has 4 aromatic rings. The highest BCUT2D eigenvalue weighted by molar-refractivity contribution is 6.31. The smallest absolute Gasteiger partial charge is 0.255 e. The van der Waals surface area contributed by atoms with Crippen molar-refractivity contribution < 1.29 is 19.1 Å². The van der Waals surface area contributed by atoms with E-state index in [2.05, 4.69) is 29.6 Å². The van der Waals surface area contributed by atoms with Gasteiger partial charge >= 0.3 is 0 Å². The lowest BCUT2D eigenvalue weighted by Gasteiger charge is -2.51. The van der Waals surface area contributed by atoms with E-state index < -0.39 is 11.3 Å². The quantitative estimate of drug-likeness (QED) is 0.300. The number of carbonyl (C=O) groups excluding carboxylic acids is 3. The summed E-state index contributed by atoms with van der Waals surface area (Å²) in [4.78, 5) is 42.7. The molecular formula is C33H25ClN2O4. The Morgan fingerprint density at radius 1 is 0.875 bits per heavy atom. The van der Waals surface area contributed by atoms with E-state index in [9.17, 15) is 14.4 Å². The van der Waals surface area contributed by atoms with Crippen LogP contribution in [0.4, 0.5) is 11.4 Å². The maximum Gasteiger partial charge on any atom is 0.255 e. The first-order chi connectivity index (χ1) is 19.3. The van der Waals surface area contributed by atoms with Gasteiger partial charge in [0.2, 0.25) is 11.8 Å². The van der Waals surface area contributed by atoms with Crippen molar-refractivity contribution in [3.63, 3.8) is 0 Å². The summed E-state index contributed by atoms with van der Waals surface area (Å²) in [6.45, 7) is 1.95. The first-order valence-electron chi connectivity index (χ1n) is 13.2. The van der Waals surface area contributed by atoms with Crippen LogP contribution in [0.3, 0.4) is 0 Å². The van der Waals surface area contributed by atoms with E-state index in [1.807, 2.05) is 31.2 Å². The zero-order valence-corrected chi connectivity index (χ0v) is 22.6. The summed E-state index contributed by atoms with van der Waals surface area (Å²) in [6.07, 6.45) is 0. The molecule has 1 aliphatic heterocycles. The third kappa shape index (κ3) is 3.26. The minimum absolute atomic E-state index is 0.193. The van der Waals surface area contributed by atoms with Crippen LogP contribution in [0.25, 0.3) is 0 Å². The molecule has 2 atom stereocenters. The van der Waals surface area contributed by atoms with Gasteiger partial charge in [-0.2, -0.15) is 0 Å². The molecule has 0 aromatic heterocycles. The lowest BCUT2D eigenvalue weighted by Crippen LogP contribution is -2.49. The molecule has 0 unspecified atom stereocenters. The molecule has 1 fully saturated rings. The Bertz CT molecular complexity index is 1690. The number of carbonyl (C=O) groups is 3. The minimum atomic E-state index is -0.913. The molecule has 1 heterocycles. The molecule has 1 saturated heterocycles. The summed E-state index contributed by atoms with van der Waals surface area (Å²) in [6, 6.07) is 27.9. The number of methoxy groups -OCH3 is 1. The fraction of sp³-hybridized carbons (Fsp3) is 0.182. The molecule has 1 N–H and O–H groups in total. The number of ether oxygens (including phenoxy) is 1. The fourth-order valence-electron chi connectivity index (χ4n) is 7.09. The van der Waals surface area contributed by atoms with E-state index in [0.717, 1.165) is 22.3 Å². The van der Waals surface area contributed by atoms with Gasteiger partial charge in [0.25, 0.3) is 5.91 Å². The van der Waals surface area contributed by atoms with E-state index in [-0.39, 0.29) is 29.6 Å². The van der Waals surface area contributed by atoms with Gasteiger partial charge in [-0.3, -0.25) is 14.4 Å². The predicted octanol–water partition coefficient (Wildman–Crippen LogP) is 6.39. The average Bonchev–Trinajstić information content (AvgIpc) is 3.18. The molecule has 8 rings (SSSR count). The van der Waals surface area contributed by atoms with Crippen LogP contribution in [0.1, 0.15) is 51.4 Å². The third-order valence-electron chi connectivity index (χ3n) is 8.81. The Hall–Kier alpha value is -4.42. The van der Waals surface area contributed by atoms with Crippen LogP contribution < -0.4 is 15.0 Å². The molecule has 3 amide bonds. The van der Waals surface area contributed by atoms with E-state index in [0.29, 0.717) is 27.7 Å². The standard InChI is InChI=1S/C33H25ClN2O4/c1-33-28-23-9-5-3-7-21(23)27(22-8-4-6-10-24(22)28)29(33)31(38)36(32(33)39)20-14-11-18(12-15-20)30(37)35-25-17-19(34)13-16-26(25)40-2/h3-17,27-29H,1-2H3,(H,35,37)/t27?,28?,29-,33+/m0/s1. The number of imide groups is 1. The molecule has 2 bridgehead atoms. The summed E-state index contributed by atoms with van der Waals surface area (Å²) in [5, 5.41) is 3.28. The highest BCUT2D eigenvalue weighted by Gasteiger charge is 2.68. The van der Waals surface area contributed by atoms with Crippen molar-refractivity contribution in [2.75, 3.05) is 17.3 Å². The second kappa shape index (κ2) is 8.80. The number of anilines is 2. The number of hydrogen-bond acceptors (Lipinski definition) is 4. The highest BCUT2D eigenvalue weighted by atomic mass is 35.5. The van der Waals surface area contributed by atoms with Crippen molar-refractivity contribution in [1.82, 2.24) is 0 Å². The minimum Gasteiger partial charge on any atom is -0.495 e. The van der Waals surface area contributed by atoms with Crippen LogP contribution in [0.2, 0.25) is 5.02 Å². The van der Waals surface area contributed by atoms with Gasteiger partial charge in [-0.05, 0) is 71.6 Å². The highest BCUT2D eigenvalue weighted by Crippen LogP contribution is 2.67. The van der Waals surface area contributed by atoms with Gasteiger partial charge < -0.3 is 10.1 Å². The number of amides is 3. The number of halogens is 1. The Balaban J connectivity index is 1.23. The molecule has 7 heteroatoms. The van der Waals surface area contributed by atoms with E-state index in [1.54, 1.807) is 42.5 Å². The number of nitrogens with one attached hydrogen (secondary N) is 1. The van der Waals surface area contributed by atoms with Gasteiger partial charge in [-0.1, -0.05) is 60.1 Å². The van der Waals surface area contributed by atoms with Crippen molar-refractivity contribution >= 4 is 40.7 Å². The SMILES string of the molecule is COc1ccc(Cl)cc1NC(=O)c1ccc(N2C(=O)[C@@H]3C4c5ccccc5C(c5ccccc54)[C@@]3(C)C2=O)cc1. The van der Waals surface area contributed by atoms with Crippen molar-refractivity contribution in [2.45, 2.75) is 18.8 Å². The van der Waals surface area contributed by atoms with Gasteiger partial charge in [0.1, 0.15) is 5.75 Å². The summed E-state index contributed by atoms with van der Waals surface area (Å²) < 4.78 is 5.32. The molecule has 6 nitrogen and oxygen atoms in total. The molecule has 40 heavy (non-hydrogen) atoms. The van der Waals surface area contributed by atoms with Crippen molar-refractivity contribution in [3.05, 3.63) is 124 Å². The number of hydrogen-bond donors (Lipinski definition) is 1. The van der Waals surface area contributed by atoms with E-state index >= 15 is 0 Å². The number of nitrogens with zero attached hydrogens (tertiary/aromatic N) is 1. The van der Waals surface area contributed by atoms with Crippen LogP contribution >= 0.6 is 11.6 Å². The Morgan fingerprint density at radius 2 is 1.48 bits per heavy atom. The predicted molar refractivity (Wildman–Crippen MR) is 153 cm³/mol. The number of benzene rings is 4. The number of rotatable bonds is 4. The van der Waals surface area contributed by atoms with E-state index in [1.165, 1.54) is 12.0 Å². The first-order valence-corrected chi connectivity index (χ1v) is 13.5. The molecule has 4 aromatic carbocycles. The molecule has 0 saturated carbocycles. The maximum absolute atomic E-state index is 14.2. The second-order valence-electron chi connectivity index (χ2n) is 10.8. The fourth-order valence-corrected chi connectivity index (χ4v) is 7.27. The lowest BCUT2D eigenvalue weighted by molar-refractivity contribution is -0.128. The first kappa shape index (κ1) is 24.6. The maximum atomic E-state index is 14.2. The van der Waals surface area contributed by atoms with Gasteiger partial charge in [-0.25, -0.2) is 4.90 Å². The summed E-state index contributed by atoms with van der Waals surface area (Å²) in [7, 11) is 1.51. The van der Waals surface area contributed by atoms with Crippen LogP contribution in [-0.4, -0.2) is 24.8 Å². The second-order valence-corrected chi connectivity index (χ2v) is 11.2. The Labute approximate surface area is 236 Å². The summed E-state index contributed by atoms with van der Waals surface area (Å²) in [5.74, 6) is -1.20. The van der Waals surface area contributed by atoms with Crippen molar-refractivity contribution in [2.24, 2.45) is 11.3 Å². The molecule has 0 spiro atoms. The molecule has 198 valence electrons. The molecule has 4 aliphatic rings. The summed E-state index contributed by atoms with van der Waals surface area (Å²) in [5.41, 5.74) is 4.85. The summed E-state index contributed by atoms with van der Waals surface area (Å²) >= 11 is 6.10. The zero-order valence-electron chi connectivity index (χ0n) is 21.9. The van der Waals surface area contributed by atoms with Gasteiger partial charge in [-0.15, -0.1) is 0 Å². The average molecular weight is 549 g/mol. The third-order valence-corrected chi connectivity index (χ3v) is 9.05. The van der Waals surface area contributed by atoms with Crippen LogP contribution in [-0.2, 0) is 9.59 Å². The van der Waals surface area contributed by atoms with Crippen LogP contribution in [0.5, 0.6) is 5.75 Å². The van der Waals surface area contributed by atoms with Crippen molar-refractivity contribution in [3.8, 4) is 5.75 Å². The van der Waals surface area contributed by atoms with Gasteiger partial charge in [0.15, 0.2) is 0 Å². The molecule has 3 aliphatic carbocycles. The monoisotopic (exact) mass is 548 g/mol. The van der Waals surface area contributed by atoms with Gasteiger partial charge in [0, 0.05) is 22.4 Å². The largest absolute Gasteiger partial charge is 0.495 e. The topological polar surface area (TPSA) is 75.7 Å². The van der Waals surface area contributed by atoms with Crippen LogP contribution in [0.15, 0.2) is 91.0 Å². The van der Waals surface area contributed by atoms with Gasteiger partial charge in [0.05, 0.1) is 29.8 Å². The Morgan fingerprint density at radius 3 is 2.08 bits per heavy atom.